The van der Waals surface area contributed by atoms with Crippen LogP contribution in [0.5, 0.6) is 0 Å². The maximum absolute atomic E-state index is 4.47. The Bertz CT molecular complexity index is 944. The van der Waals surface area contributed by atoms with Crippen LogP contribution in [0.15, 0.2) is 43.0 Å². The number of aryl methyl sites for hydroxylation is 2. The zero-order chi connectivity index (χ0) is 15.1. The molecule has 0 atom stereocenters. The number of hydrogen-bond donors (Lipinski definition) is 0. The van der Waals surface area contributed by atoms with Crippen molar-refractivity contribution in [3.63, 3.8) is 0 Å². The second-order valence-electron chi connectivity index (χ2n) is 5.04. The van der Waals surface area contributed by atoms with E-state index in [0.29, 0.717) is 0 Å². The van der Waals surface area contributed by atoms with Gasteiger partial charge in [0.25, 0.3) is 0 Å². The SMILES string of the molecule is CCn1ccnc1-c1nccn1-c1ccc2c(c1)nnn2C. The first kappa shape index (κ1) is 12.8. The monoisotopic (exact) mass is 293 g/mol. The fraction of sp³-hybridized carbons (Fsp3) is 0.200. The molecule has 0 fully saturated rings. The van der Waals surface area contributed by atoms with Crippen LogP contribution in [-0.2, 0) is 13.6 Å². The molecule has 0 saturated heterocycles. The van der Waals surface area contributed by atoms with Gasteiger partial charge in [-0.1, -0.05) is 5.21 Å². The lowest BCUT2D eigenvalue weighted by molar-refractivity contribution is 0.736. The summed E-state index contributed by atoms with van der Waals surface area (Å²) < 4.78 is 5.85. The van der Waals surface area contributed by atoms with Crippen LogP contribution in [0.1, 0.15) is 6.92 Å². The predicted octanol–water partition coefficient (Wildman–Crippen LogP) is 2.04. The number of benzene rings is 1. The standard InChI is InChI=1S/C15H15N7/c1-3-21-8-6-16-14(21)15-17-7-9-22(15)11-4-5-13-12(10-11)18-19-20(13)2/h4-10H,3H2,1-2H3. The molecule has 0 amide bonds. The Morgan fingerprint density at radius 3 is 2.73 bits per heavy atom. The lowest BCUT2D eigenvalue weighted by atomic mass is 10.2. The van der Waals surface area contributed by atoms with E-state index < -0.39 is 0 Å². The molecule has 22 heavy (non-hydrogen) atoms. The maximum Gasteiger partial charge on any atom is 0.181 e. The fourth-order valence-corrected chi connectivity index (χ4v) is 2.63. The van der Waals surface area contributed by atoms with Gasteiger partial charge in [0.2, 0.25) is 0 Å². The van der Waals surface area contributed by atoms with Gasteiger partial charge in [0.15, 0.2) is 11.6 Å². The molecule has 0 N–H and O–H groups in total. The minimum atomic E-state index is 0.815. The van der Waals surface area contributed by atoms with Crippen LogP contribution in [0.3, 0.4) is 0 Å². The lowest BCUT2D eigenvalue weighted by Crippen LogP contribution is -2.03. The van der Waals surface area contributed by atoms with Crippen molar-refractivity contribution in [1.82, 2.24) is 34.1 Å². The maximum atomic E-state index is 4.47. The molecule has 7 nitrogen and oxygen atoms in total. The largest absolute Gasteiger partial charge is 0.329 e. The molecule has 0 spiro atoms. The molecule has 0 bridgehead atoms. The van der Waals surface area contributed by atoms with Gasteiger partial charge in [0, 0.05) is 44.1 Å². The van der Waals surface area contributed by atoms with Crippen molar-refractivity contribution in [2.75, 3.05) is 0 Å². The van der Waals surface area contributed by atoms with Crippen LogP contribution in [-0.4, -0.2) is 34.1 Å². The van der Waals surface area contributed by atoms with Gasteiger partial charge in [-0.2, -0.15) is 0 Å². The topological polar surface area (TPSA) is 66.3 Å². The van der Waals surface area contributed by atoms with E-state index in [0.717, 1.165) is 34.9 Å². The summed E-state index contributed by atoms with van der Waals surface area (Å²) in [5.74, 6) is 1.67. The van der Waals surface area contributed by atoms with Gasteiger partial charge in [-0.25, -0.2) is 14.6 Å². The Morgan fingerprint density at radius 2 is 1.86 bits per heavy atom. The molecule has 7 heteroatoms. The molecular formula is C15H15N7. The van der Waals surface area contributed by atoms with Crippen molar-refractivity contribution in [3.05, 3.63) is 43.0 Å². The highest BCUT2D eigenvalue weighted by Gasteiger charge is 2.13. The lowest BCUT2D eigenvalue weighted by Gasteiger charge is -2.09. The van der Waals surface area contributed by atoms with Gasteiger partial charge in [0.1, 0.15) is 5.52 Å². The van der Waals surface area contributed by atoms with Gasteiger partial charge >= 0.3 is 0 Å². The molecule has 0 saturated carbocycles. The first-order chi connectivity index (χ1) is 10.8. The molecule has 3 aromatic heterocycles. The van der Waals surface area contributed by atoms with Crippen LogP contribution < -0.4 is 0 Å². The molecule has 0 unspecified atom stereocenters. The van der Waals surface area contributed by atoms with E-state index in [-0.39, 0.29) is 0 Å². The van der Waals surface area contributed by atoms with Crippen molar-refractivity contribution < 1.29 is 0 Å². The third-order valence-corrected chi connectivity index (χ3v) is 3.77. The second-order valence-corrected chi connectivity index (χ2v) is 5.04. The molecule has 0 radical (unpaired) electrons. The van der Waals surface area contributed by atoms with Gasteiger partial charge in [0.05, 0.1) is 5.52 Å². The Morgan fingerprint density at radius 1 is 1.05 bits per heavy atom. The summed E-state index contributed by atoms with van der Waals surface area (Å²) in [7, 11) is 1.88. The number of nitrogens with zero attached hydrogens (tertiary/aromatic N) is 7. The summed E-state index contributed by atoms with van der Waals surface area (Å²) in [6.07, 6.45) is 7.47. The van der Waals surface area contributed by atoms with Crippen LogP contribution in [0.25, 0.3) is 28.4 Å². The average Bonchev–Trinajstić information content (AvgIpc) is 3.25. The first-order valence-corrected chi connectivity index (χ1v) is 7.12. The minimum absolute atomic E-state index is 0.815. The number of fused-ring (bicyclic) bond motifs is 1. The summed E-state index contributed by atoms with van der Waals surface area (Å²) >= 11 is 0. The zero-order valence-corrected chi connectivity index (χ0v) is 12.4. The van der Waals surface area contributed by atoms with Gasteiger partial charge in [-0.3, -0.25) is 4.57 Å². The molecule has 4 aromatic rings. The van der Waals surface area contributed by atoms with E-state index in [1.165, 1.54) is 0 Å². The molecule has 0 aliphatic rings. The van der Waals surface area contributed by atoms with Crippen molar-refractivity contribution in [2.24, 2.45) is 7.05 Å². The summed E-state index contributed by atoms with van der Waals surface area (Å²) in [6.45, 7) is 2.94. The normalized spacial score (nSPS) is 11.4. The Hall–Kier alpha value is -2.96. The zero-order valence-electron chi connectivity index (χ0n) is 12.4. The fourth-order valence-electron chi connectivity index (χ4n) is 2.63. The predicted molar refractivity (Wildman–Crippen MR) is 82.5 cm³/mol. The molecule has 110 valence electrons. The van der Waals surface area contributed by atoms with Crippen molar-refractivity contribution in [2.45, 2.75) is 13.5 Å². The second kappa shape index (κ2) is 4.80. The van der Waals surface area contributed by atoms with Gasteiger partial charge < -0.3 is 4.57 Å². The van der Waals surface area contributed by atoms with E-state index in [1.807, 2.05) is 42.2 Å². The summed E-state index contributed by atoms with van der Waals surface area (Å²) in [4.78, 5) is 8.90. The van der Waals surface area contributed by atoms with Crippen LogP contribution >= 0.6 is 0 Å². The molecular weight excluding hydrogens is 278 g/mol. The van der Waals surface area contributed by atoms with Crippen LogP contribution in [0.4, 0.5) is 0 Å². The Kier molecular flexibility index (Phi) is 2.78. The van der Waals surface area contributed by atoms with E-state index >= 15 is 0 Å². The van der Waals surface area contributed by atoms with E-state index in [9.17, 15) is 0 Å². The van der Waals surface area contributed by atoms with Crippen LogP contribution in [0.2, 0.25) is 0 Å². The summed E-state index contributed by atoms with van der Waals surface area (Å²) in [5.41, 5.74) is 2.85. The number of hydrogen-bond acceptors (Lipinski definition) is 4. The molecule has 0 aliphatic carbocycles. The highest BCUT2D eigenvalue weighted by atomic mass is 15.4. The molecule has 3 heterocycles. The molecule has 0 aliphatic heterocycles. The van der Waals surface area contributed by atoms with E-state index in [1.54, 1.807) is 17.1 Å². The minimum Gasteiger partial charge on any atom is -0.329 e. The Balaban J connectivity index is 1.87. The first-order valence-electron chi connectivity index (χ1n) is 7.12. The third kappa shape index (κ3) is 1.82. The van der Waals surface area contributed by atoms with Crippen LogP contribution in [0, 0.1) is 0 Å². The summed E-state index contributed by atoms with van der Waals surface area (Å²) in [5, 5.41) is 8.22. The number of aromatic nitrogens is 7. The van der Waals surface area contributed by atoms with E-state index in [4.69, 9.17) is 0 Å². The van der Waals surface area contributed by atoms with Crippen molar-refractivity contribution >= 4 is 11.0 Å². The Labute approximate surface area is 126 Å². The summed E-state index contributed by atoms with van der Waals surface area (Å²) in [6, 6.07) is 6.06. The van der Waals surface area contributed by atoms with Gasteiger partial charge in [-0.05, 0) is 25.1 Å². The van der Waals surface area contributed by atoms with Crippen molar-refractivity contribution in [1.29, 1.82) is 0 Å². The number of rotatable bonds is 3. The smallest absolute Gasteiger partial charge is 0.181 e. The average molecular weight is 293 g/mol. The number of imidazole rings is 2. The van der Waals surface area contributed by atoms with Gasteiger partial charge in [-0.15, -0.1) is 5.10 Å². The third-order valence-electron chi connectivity index (χ3n) is 3.77. The highest BCUT2D eigenvalue weighted by Crippen LogP contribution is 2.22. The molecule has 1 aromatic carbocycles. The van der Waals surface area contributed by atoms with Crippen molar-refractivity contribution in [3.8, 4) is 17.3 Å². The highest BCUT2D eigenvalue weighted by molar-refractivity contribution is 5.77. The molecule has 4 rings (SSSR count). The van der Waals surface area contributed by atoms with E-state index in [2.05, 4.69) is 31.8 Å². The quantitative estimate of drug-likeness (QED) is 0.580.